The minimum Gasteiger partial charge on any atom is -0.480 e. The van der Waals surface area contributed by atoms with Gasteiger partial charge in [0, 0.05) is 0 Å². The summed E-state index contributed by atoms with van der Waals surface area (Å²) in [7, 11) is 0. The molecule has 0 aromatic heterocycles. The summed E-state index contributed by atoms with van der Waals surface area (Å²) in [4.78, 5) is 47.1. The van der Waals surface area contributed by atoms with Crippen molar-refractivity contribution < 1.29 is 24.3 Å². The number of rotatable bonds is 13. The van der Waals surface area contributed by atoms with Crippen molar-refractivity contribution in [3.05, 3.63) is 0 Å². The zero-order valence-electron chi connectivity index (χ0n) is 15.4. The largest absolute Gasteiger partial charge is 0.480 e. The van der Waals surface area contributed by atoms with Gasteiger partial charge in [-0.1, -0.05) is 26.7 Å². The predicted octanol–water partition coefficient (Wildman–Crippen LogP) is -1.58. The zero-order valence-corrected chi connectivity index (χ0v) is 15.4. The van der Waals surface area contributed by atoms with Crippen LogP contribution in [0.1, 0.15) is 46.0 Å². The number of amides is 3. The van der Waals surface area contributed by atoms with Gasteiger partial charge in [0.25, 0.3) is 0 Å². The van der Waals surface area contributed by atoms with E-state index in [4.69, 9.17) is 17.2 Å². The molecule has 0 aromatic rings. The minimum atomic E-state index is -1.29. The van der Waals surface area contributed by atoms with E-state index in [0.29, 0.717) is 32.2 Å². The van der Waals surface area contributed by atoms with Crippen molar-refractivity contribution in [3.8, 4) is 0 Å². The molecular formula is C16H31N5O5. The van der Waals surface area contributed by atoms with Crippen LogP contribution in [-0.2, 0) is 19.2 Å². The highest BCUT2D eigenvalue weighted by Crippen LogP contribution is 2.09. The van der Waals surface area contributed by atoms with Gasteiger partial charge in [0.2, 0.25) is 17.7 Å². The normalized spacial score (nSPS) is 15.4. The molecule has 10 nitrogen and oxygen atoms in total. The Morgan fingerprint density at radius 2 is 1.69 bits per heavy atom. The van der Waals surface area contributed by atoms with Gasteiger partial charge in [0.05, 0.1) is 12.5 Å². The van der Waals surface area contributed by atoms with Gasteiger partial charge in [-0.3, -0.25) is 14.4 Å². The van der Waals surface area contributed by atoms with Crippen LogP contribution in [0.2, 0.25) is 0 Å². The molecular weight excluding hydrogens is 342 g/mol. The van der Waals surface area contributed by atoms with E-state index < -0.39 is 48.2 Å². The van der Waals surface area contributed by atoms with E-state index in [1.54, 1.807) is 13.8 Å². The maximum atomic E-state index is 12.4. The molecule has 0 rings (SSSR count). The standard InChI is InChI=1S/C16H31N5O5/c1-3-9(2)13(16(25)26)21-15(24)11(8-12(19)22)20-14(23)10(18)6-4-5-7-17/h9-11,13H,3-8,17-18H2,1-2H3,(H2,19,22)(H,20,23)(H,21,24)(H,25,26). The Labute approximate surface area is 153 Å². The first-order valence-corrected chi connectivity index (χ1v) is 8.71. The smallest absolute Gasteiger partial charge is 0.326 e. The molecule has 150 valence electrons. The summed E-state index contributed by atoms with van der Waals surface area (Å²) in [5.74, 6) is -3.74. The molecule has 0 aliphatic heterocycles. The molecule has 4 unspecified atom stereocenters. The Kier molecular flexibility index (Phi) is 11.2. The first kappa shape index (κ1) is 23.8. The van der Waals surface area contributed by atoms with Gasteiger partial charge in [0.15, 0.2) is 0 Å². The molecule has 0 saturated carbocycles. The fourth-order valence-electron chi connectivity index (χ4n) is 2.27. The van der Waals surface area contributed by atoms with Crippen molar-refractivity contribution in [3.63, 3.8) is 0 Å². The first-order valence-electron chi connectivity index (χ1n) is 8.71. The third-order valence-electron chi connectivity index (χ3n) is 4.12. The van der Waals surface area contributed by atoms with E-state index >= 15 is 0 Å². The lowest BCUT2D eigenvalue weighted by molar-refractivity contribution is -0.143. The molecule has 0 aromatic carbocycles. The summed E-state index contributed by atoms with van der Waals surface area (Å²) in [5.41, 5.74) is 16.3. The molecule has 0 heterocycles. The van der Waals surface area contributed by atoms with Crippen LogP contribution < -0.4 is 27.8 Å². The van der Waals surface area contributed by atoms with E-state index in [0.717, 1.165) is 0 Å². The molecule has 4 atom stereocenters. The molecule has 3 amide bonds. The molecule has 0 radical (unpaired) electrons. The summed E-state index contributed by atoms with van der Waals surface area (Å²) < 4.78 is 0. The molecule has 0 fully saturated rings. The minimum absolute atomic E-state index is 0.333. The Bertz CT molecular complexity index is 499. The Morgan fingerprint density at radius 3 is 2.15 bits per heavy atom. The van der Waals surface area contributed by atoms with Crippen molar-refractivity contribution in [1.82, 2.24) is 10.6 Å². The van der Waals surface area contributed by atoms with Crippen molar-refractivity contribution in [2.24, 2.45) is 23.1 Å². The van der Waals surface area contributed by atoms with Crippen LogP contribution in [0.3, 0.4) is 0 Å². The number of aliphatic carboxylic acids is 1. The number of hydrogen-bond acceptors (Lipinski definition) is 6. The quantitative estimate of drug-likeness (QED) is 0.210. The number of nitrogens with one attached hydrogen (secondary N) is 2. The third kappa shape index (κ3) is 8.77. The van der Waals surface area contributed by atoms with Crippen LogP contribution in [0.4, 0.5) is 0 Å². The number of carbonyl (C=O) groups excluding carboxylic acids is 3. The average molecular weight is 373 g/mol. The Hall–Kier alpha value is -2.20. The van der Waals surface area contributed by atoms with Gasteiger partial charge in [-0.25, -0.2) is 4.79 Å². The lowest BCUT2D eigenvalue weighted by atomic mass is 9.98. The maximum Gasteiger partial charge on any atom is 0.326 e. The van der Waals surface area contributed by atoms with Crippen LogP contribution in [-0.4, -0.2) is 53.5 Å². The average Bonchev–Trinajstić information content (AvgIpc) is 2.57. The molecule has 0 bridgehead atoms. The van der Waals surface area contributed by atoms with Gasteiger partial charge < -0.3 is 32.9 Å². The van der Waals surface area contributed by atoms with Crippen LogP contribution in [0.25, 0.3) is 0 Å². The number of primary amides is 1. The fraction of sp³-hybridized carbons (Fsp3) is 0.750. The van der Waals surface area contributed by atoms with Crippen LogP contribution in [0.15, 0.2) is 0 Å². The molecule has 0 saturated heterocycles. The number of nitrogens with two attached hydrogens (primary N) is 3. The summed E-state index contributed by atoms with van der Waals surface area (Å²) in [5, 5.41) is 14.0. The first-order chi connectivity index (χ1) is 12.1. The molecule has 9 N–H and O–H groups in total. The van der Waals surface area contributed by atoms with Crippen molar-refractivity contribution >= 4 is 23.7 Å². The monoisotopic (exact) mass is 373 g/mol. The second kappa shape index (κ2) is 12.2. The number of hydrogen-bond donors (Lipinski definition) is 6. The number of unbranched alkanes of at least 4 members (excludes halogenated alkanes) is 1. The molecule has 0 aliphatic rings. The third-order valence-corrected chi connectivity index (χ3v) is 4.12. The van der Waals surface area contributed by atoms with Crippen molar-refractivity contribution in [2.75, 3.05) is 6.54 Å². The zero-order chi connectivity index (χ0) is 20.3. The van der Waals surface area contributed by atoms with Crippen molar-refractivity contribution in [1.29, 1.82) is 0 Å². The highest BCUT2D eigenvalue weighted by Gasteiger charge is 2.31. The van der Waals surface area contributed by atoms with Gasteiger partial charge in [-0.2, -0.15) is 0 Å². The topological polar surface area (TPSA) is 191 Å². The maximum absolute atomic E-state index is 12.4. The van der Waals surface area contributed by atoms with Crippen LogP contribution in [0.5, 0.6) is 0 Å². The van der Waals surface area contributed by atoms with E-state index in [2.05, 4.69) is 10.6 Å². The van der Waals surface area contributed by atoms with E-state index in [1.165, 1.54) is 0 Å². The second-order valence-electron chi connectivity index (χ2n) is 6.33. The molecule has 10 heteroatoms. The highest BCUT2D eigenvalue weighted by atomic mass is 16.4. The molecule has 0 aliphatic carbocycles. The van der Waals surface area contributed by atoms with Crippen molar-refractivity contribution in [2.45, 2.75) is 64.1 Å². The predicted molar refractivity (Wildman–Crippen MR) is 95.6 cm³/mol. The summed E-state index contributed by atoms with van der Waals surface area (Å²) >= 11 is 0. The number of carbonyl (C=O) groups is 4. The number of carboxylic acid groups (broad SMARTS) is 1. The van der Waals surface area contributed by atoms with Crippen LogP contribution in [0, 0.1) is 5.92 Å². The lowest BCUT2D eigenvalue weighted by Gasteiger charge is -2.24. The van der Waals surface area contributed by atoms with Gasteiger partial charge in [-0.15, -0.1) is 0 Å². The SMILES string of the molecule is CCC(C)C(NC(=O)C(CC(N)=O)NC(=O)C(N)CCCCN)C(=O)O. The van der Waals surface area contributed by atoms with Gasteiger partial charge in [-0.05, 0) is 25.3 Å². The Balaban J connectivity index is 5.00. The fourth-order valence-corrected chi connectivity index (χ4v) is 2.27. The highest BCUT2D eigenvalue weighted by molar-refractivity contribution is 5.94. The van der Waals surface area contributed by atoms with Gasteiger partial charge >= 0.3 is 5.97 Å². The van der Waals surface area contributed by atoms with E-state index in [9.17, 15) is 24.3 Å². The summed E-state index contributed by atoms with van der Waals surface area (Å²) in [6, 6.07) is -3.29. The Morgan fingerprint density at radius 1 is 1.08 bits per heavy atom. The van der Waals surface area contributed by atoms with Crippen LogP contribution >= 0.6 is 0 Å². The second-order valence-corrected chi connectivity index (χ2v) is 6.33. The van der Waals surface area contributed by atoms with Gasteiger partial charge in [0.1, 0.15) is 12.1 Å². The summed E-state index contributed by atoms with van der Waals surface area (Å²) in [6.07, 6.45) is 1.79. The van der Waals surface area contributed by atoms with E-state index in [1.807, 2.05) is 0 Å². The summed E-state index contributed by atoms with van der Waals surface area (Å²) in [6.45, 7) is 3.94. The van der Waals surface area contributed by atoms with E-state index in [-0.39, 0.29) is 5.92 Å². The molecule has 26 heavy (non-hydrogen) atoms. The number of carboxylic acids is 1. The lowest BCUT2D eigenvalue weighted by Crippen LogP contribution is -2.56. The molecule has 0 spiro atoms.